The first-order valence-electron chi connectivity index (χ1n) is 5.82. The van der Waals surface area contributed by atoms with Crippen LogP contribution in [0.1, 0.15) is 20.1 Å². The highest BCUT2D eigenvalue weighted by atomic mass is 16.7. The van der Waals surface area contributed by atoms with Gasteiger partial charge in [-0.25, -0.2) is 4.79 Å². The SMILES string of the molecule is C=CO[C@H]([C@@H]1COC(C)(C)O1)n1ccc(=O)[nH]c1=O. The summed E-state index contributed by atoms with van der Waals surface area (Å²) in [5.41, 5.74) is -1.05. The maximum absolute atomic E-state index is 11.8. The van der Waals surface area contributed by atoms with Gasteiger partial charge in [0.15, 0.2) is 5.79 Å². The predicted octanol–water partition coefficient (Wildman–Crippen LogP) is 0.347. The van der Waals surface area contributed by atoms with Crippen LogP contribution in [-0.4, -0.2) is 28.0 Å². The summed E-state index contributed by atoms with van der Waals surface area (Å²) in [6.45, 7) is 7.29. The van der Waals surface area contributed by atoms with E-state index in [0.29, 0.717) is 0 Å². The average Bonchev–Trinajstić information content (AvgIpc) is 2.67. The zero-order valence-corrected chi connectivity index (χ0v) is 10.8. The Balaban J connectivity index is 2.32. The van der Waals surface area contributed by atoms with Crippen molar-refractivity contribution in [3.63, 3.8) is 0 Å². The lowest BCUT2D eigenvalue weighted by Crippen LogP contribution is -2.38. The molecule has 7 nitrogen and oxygen atoms in total. The Morgan fingerprint density at radius 3 is 2.89 bits per heavy atom. The fourth-order valence-electron chi connectivity index (χ4n) is 1.91. The highest BCUT2D eigenvalue weighted by Crippen LogP contribution is 2.29. The molecule has 1 aliphatic rings. The molecule has 0 spiro atoms. The normalized spacial score (nSPS) is 22.9. The number of ether oxygens (including phenoxy) is 3. The summed E-state index contributed by atoms with van der Waals surface area (Å²) in [6, 6.07) is 1.24. The molecule has 0 aromatic carbocycles. The van der Waals surface area contributed by atoms with Crippen LogP contribution in [0.4, 0.5) is 0 Å². The molecule has 2 rings (SSSR count). The molecule has 0 radical (unpaired) electrons. The lowest BCUT2D eigenvalue weighted by Gasteiger charge is -2.24. The van der Waals surface area contributed by atoms with E-state index in [1.807, 2.05) is 0 Å². The van der Waals surface area contributed by atoms with Gasteiger partial charge in [-0.15, -0.1) is 0 Å². The van der Waals surface area contributed by atoms with Gasteiger partial charge in [0.1, 0.15) is 6.10 Å². The van der Waals surface area contributed by atoms with Gasteiger partial charge in [-0.3, -0.25) is 14.3 Å². The zero-order chi connectivity index (χ0) is 14.0. The van der Waals surface area contributed by atoms with Gasteiger partial charge in [-0.1, -0.05) is 6.58 Å². The van der Waals surface area contributed by atoms with Crippen molar-refractivity contribution in [1.29, 1.82) is 0 Å². The van der Waals surface area contributed by atoms with Crippen LogP contribution in [0.25, 0.3) is 0 Å². The van der Waals surface area contributed by atoms with Crippen molar-refractivity contribution in [2.75, 3.05) is 6.61 Å². The van der Waals surface area contributed by atoms with E-state index in [0.717, 1.165) is 0 Å². The highest BCUT2D eigenvalue weighted by Gasteiger charge is 2.39. The molecule has 1 fully saturated rings. The van der Waals surface area contributed by atoms with E-state index in [9.17, 15) is 9.59 Å². The van der Waals surface area contributed by atoms with E-state index >= 15 is 0 Å². The van der Waals surface area contributed by atoms with E-state index < -0.39 is 29.4 Å². The van der Waals surface area contributed by atoms with Crippen molar-refractivity contribution < 1.29 is 14.2 Å². The lowest BCUT2D eigenvalue weighted by atomic mass is 10.3. The Labute approximate surface area is 109 Å². The van der Waals surface area contributed by atoms with Crippen LogP contribution in [-0.2, 0) is 14.2 Å². The summed E-state index contributed by atoms with van der Waals surface area (Å²) in [5, 5.41) is 0. The Morgan fingerprint density at radius 2 is 2.37 bits per heavy atom. The second-order valence-electron chi connectivity index (χ2n) is 4.58. The highest BCUT2D eigenvalue weighted by molar-refractivity contribution is 4.88. The molecule has 1 aromatic rings. The monoisotopic (exact) mass is 268 g/mol. The molecule has 1 aliphatic heterocycles. The number of aromatic amines is 1. The van der Waals surface area contributed by atoms with Crippen molar-refractivity contribution >= 4 is 0 Å². The smallest absolute Gasteiger partial charge is 0.331 e. The van der Waals surface area contributed by atoms with Gasteiger partial charge in [-0.2, -0.15) is 0 Å². The first-order chi connectivity index (χ1) is 8.93. The van der Waals surface area contributed by atoms with Crippen LogP contribution >= 0.6 is 0 Å². The van der Waals surface area contributed by atoms with Crippen LogP contribution in [0.3, 0.4) is 0 Å². The molecule has 0 unspecified atom stereocenters. The van der Waals surface area contributed by atoms with Crippen LogP contribution in [0.15, 0.2) is 34.7 Å². The van der Waals surface area contributed by atoms with E-state index in [1.165, 1.54) is 23.1 Å². The third-order valence-corrected chi connectivity index (χ3v) is 2.71. The lowest BCUT2D eigenvalue weighted by molar-refractivity contribution is -0.160. The van der Waals surface area contributed by atoms with Gasteiger partial charge in [0.2, 0.25) is 6.23 Å². The molecule has 0 saturated carbocycles. The van der Waals surface area contributed by atoms with Crippen LogP contribution in [0.2, 0.25) is 0 Å². The summed E-state index contributed by atoms with van der Waals surface area (Å²) in [4.78, 5) is 25.0. The molecule has 1 saturated heterocycles. The fraction of sp³-hybridized carbons (Fsp3) is 0.500. The summed E-state index contributed by atoms with van der Waals surface area (Å²) < 4.78 is 17.7. The molecule has 104 valence electrons. The van der Waals surface area contributed by atoms with Gasteiger partial charge in [0.25, 0.3) is 5.56 Å². The summed E-state index contributed by atoms with van der Waals surface area (Å²) in [5.74, 6) is -0.737. The van der Waals surface area contributed by atoms with Crippen molar-refractivity contribution in [2.24, 2.45) is 0 Å². The second-order valence-corrected chi connectivity index (χ2v) is 4.58. The summed E-state index contributed by atoms with van der Waals surface area (Å²) in [6.07, 6.45) is 1.35. The fourth-order valence-corrected chi connectivity index (χ4v) is 1.91. The minimum atomic E-state index is -0.747. The molecule has 19 heavy (non-hydrogen) atoms. The Morgan fingerprint density at radius 1 is 1.63 bits per heavy atom. The number of hydrogen-bond acceptors (Lipinski definition) is 5. The van der Waals surface area contributed by atoms with Crippen molar-refractivity contribution in [3.05, 3.63) is 45.9 Å². The van der Waals surface area contributed by atoms with Crippen molar-refractivity contribution in [2.45, 2.75) is 32.0 Å². The van der Waals surface area contributed by atoms with Crippen molar-refractivity contribution in [1.82, 2.24) is 9.55 Å². The molecular formula is C12H16N2O5. The molecular weight excluding hydrogens is 252 g/mol. The zero-order valence-electron chi connectivity index (χ0n) is 10.8. The molecule has 2 atom stereocenters. The summed E-state index contributed by atoms with van der Waals surface area (Å²) in [7, 11) is 0. The Hall–Kier alpha value is -1.86. The van der Waals surface area contributed by atoms with Gasteiger partial charge in [0.05, 0.1) is 12.9 Å². The van der Waals surface area contributed by atoms with Gasteiger partial charge >= 0.3 is 5.69 Å². The molecule has 7 heteroatoms. The minimum absolute atomic E-state index is 0.275. The molecule has 0 aliphatic carbocycles. The second kappa shape index (κ2) is 5.02. The van der Waals surface area contributed by atoms with E-state index in [1.54, 1.807) is 13.8 Å². The number of aromatic nitrogens is 2. The molecule has 0 amide bonds. The van der Waals surface area contributed by atoms with E-state index in [4.69, 9.17) is 14.2 Å². The van der Waals surface area contributed by atoms with E-state index in [2.05, 4.69) is 11.6 Å². The van der Waals surface area contributed by atoms with Crippen LogP contribution in [0, 0.1) is 0 Å². The predicted molar refractivity (Wildman–Crippen MR) is 66.5 cm³/mol. The number of hydrogen-bond donors (Lipinski definition) is 1. The Bertz CT molecular complexity index is 574. The summed E-state index contributed by atoms with van der Waals surface area (Å²) >= 11 is 0. The van der Waals surface area contributed by atoms with E-state index in [-0.39, 0.29) is 6.61 Å². The third kappa shape index (κ3) is 2.94. The largest absolute Gasteiger partial charge is 0.475 e. The standard InChI is InChI=1S/C12H16N2O5/c1-4-17-10(8-7-18-12(2,3)19-8)14-6-5-9(15)13-11(14)16/h4-6,8,10H,1,7H2,2-3H3,(H,13,15,16)/t8-,10+/m0/s1. The minimum Gasteiger partial charge on any atom is -0.475 e. The van der Waals surface area contributed by atoms with Gasteiger partial charge < -0.3 is 14.2 Å². The Kier molecular flexibility index (Phi) is 3.59. The third-order valence-electron chi connectivity index (χ3n) is 2.71. The molecule has 0 bridgehead atoms. The van der Waals surface area contributed by atoms with Crippen LogP contribution in [0.5, 0.6) is 0 Å². The average molecular weight is 268 g/mol. The first kappa shape index (κ1) is 13.6. The number of H-pyrrole nitrogens is 1. The molecule has 2 heterocycles. The van der Waals surface area contributed by atoms with Gasteiger partial charge in [0, 0.05) is 12.3 Å². The number of rotatable bonds is 4. The first-order valence-corrected chi connectivity index (χ1v) is 5.82. The number of nitrogens with zero attached hydrogens (tertiary/aromatic N) is 1. The quantitative estimate of drug-likeness (QED) is 0.797. The molecule has 1 aromatic heterocycles. The van der Waals surface area contributed by atoms with Gasteiger partial charge in [-0.05, 0) is 13.8 Å². The molecule has 1 N–H and O–H groups in total. The number of nitrogens with one attached hydrogen (secondary N) is 1. The maximum atomic E-state index is 11.8. The van der Waals surface area contributed by atoms with Crippen molar-refractivity contribution in [3.8, 4) is 0 Å². The maximum Gasteiger partial charge on any atom is 0.331 e. The topological polar surface area (TPSA) is 82.6 Å². The van der Waals surface area contributed by atoms with Crippen LogP contribution < -0.4 is 11.2 Å².